The molecule has 46 heavy (non-hydrogen) atoms. The van der Waals surface area contributed by atoms with Gasteiger partial charge in [-0.3, -0.25) is 14.3 Å². The van der Waals surface area contributed by atoms with E-state index in [4.69, 9.17) is 9.84 Å². The van der Waals surface area contributed by atoms with Crippen molar-refractivity contribution in [2.24, 2.45) is 0 Å². The van der Waals surface area contributed by atoms with Crippen molar-refractivity contribution in [1.82, 2.24) is 5.32 Å². The first-order valence-electron chi connectivity index (χ1n) is 15.3. The summed E-state index contributed by atoms with van der Waals surface area (Å²) in [5.41, 5.74) is 5.67. The summed E-state index contributed by atoms with van der Waals surface area (Å²) in [5, 5.41) is 11.4. The van der Waals surface area contributed by atoms with Gasteiger partial charge in [-0.25, -0.2) is 8.42 Å². The molecule has 4 aromatic carbocycles. The predicted octanol–water partition coefficient (Wildman–Crippen LogP) is 6.67. The zero-order chi connectivity index (χ0) is 32.9. The third-order valence-electron chi connectivity index (χ3n) is 7.37. The normalized spacial score (nSPS) is 11.1. The van der Waals surface area contributed by atoms with Crippen LogP contribution in [0.15, 0.2) is 97.1 Å². The van der Waals surface area contributed by atoms with Crippen LogP contribution in [-0.2, 0) is 39.1 Å². The summed E-state index contributed by atoms with van der Waals surface area (Å²) in [7, 11) is -3.42. The number of sulfonamides is 1. The highest BCUT2D eigenvalue weighted by Crippen LogP contribution is 2.31. The highest BCUT2D eigenvalue weighted by atomic mass is 32.2. The van der Waals surface area contributed by atoms with Gasteiger partial charge < -0.3 is 20.1 Å². The van der Waals surface area contributed by atoms with Crippen LogP contribution in [0, 0.1) is 6.92 Å². The number of carbonyl (C=O) groups is 2. The summed E-state index contributed by atoms with van der Waals surface area (Å²) < 4.78 is 32.6. The SMILES string of the molecule is Cc1c(NS(C)(=O)=O)cccc1N(Cc1ccccc1)Cc1ccc(Oc2ccc(CCCC(=O)NCCCC(=O)O)cc2)cc1. The maximum atomic E-state index is 11.9. The molecule has 3 N–H and O–H groups in total. The molecule has 0 heterocycles. The van der Waals surface area contributed by atoms with Gasteiger partial charge in [-0.15, -0.1) is 0 Å². The molecule has 0 aliphatic heterocycles. The Morgan fingerprint density at radius 1 is 0.761 bits per heavy atom. The number of hydrogen-bond donors (Lipinski definition) is 3. The molecule has 0 aliphatic carbocycles. The van der Waals surface area contributed by atoms with Crippen LogP contribution in [0.4, 0.5) is 11.4 Å². The molecule has 0 aliphatic rings. The van der Waals surface area contributed by atoms with Crippen LogP contribution in [0.3, 0.4) is 0 Å². The van der Waals surface area contributed by atoms with E-state index in [1.54, 1.807) is 6.07 Å². The largest absolute Gasteiger partial charge is 0.481 e. The lowest BCUT2D eigenvalue weighted by Crippen LogP contribution is -2.24. The Kier molecular flexibility index (Phi) is 12.2. The number of benzene rings is 4. The van der Waals surface area contributed by atoms with E-state index < -0.39 is 16.0 Å². The minimum Gasteiger partial charge on any atom is -0.481 e. The van der Waals surface area contributed by atoms with Crippen LogP contribution in [0.1, 0.15) is 47.9 Å². The van der Waals surface area contributed by atoms with Crippen LogP contribution in [-0.4, -0.2) is 38.2 Å². The summed E-state index contributed by atoms with van der Waals surface area (Å²) in [6.45, 7) is 3.55. The molecular weight excluding hydrogens is 602 g/mol. The third kappa shape index (κ3) is 11.3. The number of nitrogens with one attached hydrogen (secondary N) is 2. The summed E-state index contributed by atoms with van der Waals surface area (Å²) in [6, 6.07) is 31.5. The molecule has 9 nitrogen and oxygen atoms in total. The minimum absolute atomic E-state index is 0.0510. The predicted molar refractivity (Wildman–Crippen MR) is 182 cm³/mol. The zero-order valence-corrected chi connectivity index (χ0v) is 27.1. The maximum Gasteiger partial charge on any atom is 0.303 e. The minimum atomic E-state index is -3.42. The number of carboxylic acid groups (broad SMARTS) is 1. The molecule has 4 aromatic rings. The highest BCUT2D eigenvalue weighted by molar-refractivity contribution is 7.92. The molecule has 0 bridgehead atoms. The van der Waals surface area contributed by atoms with Crippen molar-refractivity contribution < 1.29 is 27.9 Å². The van der Waals surface area contributed by atoms with E-state index in [0.717, 1.165) is 40.6 Å². The second-order valence-corrected chi connectivity index (χ2v) is 13.0. The average Bonchev–Trinajstić information content (AvgIpc) is 3.02. The van der Waals surface area contributed by atoms with Crippen LogP contribution in [0.2, 0.25) is 0 Å². The van der Waals surface area contributed by atoms with Crippen LogP contribution < -0.4 is 19.7 Å². The number of rotatable bonds is 17. The lowest BCUT2D eigenvalue weighted by atomic mass is 10.1. The fourth-order valence-corrected chi connectivity index (χ4v) is 5.68. The van der Waals surface area contributed by atoms with Gasteiger partial charge in [0, 0.05) is 38.2 Å². The van der Waals surface area contributed by atoms with Gasteiger partial charge in [0.2, 0.25) is 15.9 Å². The Labute approximate surface area is 271 Å². The third-order valence-corrected chi connectivity index (χ3v) is 7.96. The summed E-state index contributed by atoms with van der Waals surface area (Å²) >= 11 is 0. The second-order valence-electron chi connectivity index (χ2n) is 11.3. The molecule has 0 fully saturated rings. The van der Waals surface area contributed by atoms with Gasteiger partial charge in [0.1, 0.15) is 11.5 Å². The molecule has 0 saturated carbocycles. The van der Waals surface area contributed by atoms with Crippen LogP contribution in [0.5, 0.6) is 11.5 Å². The van der Waals surface area contributed by atoms with Crippen molar-refractivity contribution in [3.63, 3.8) is 0 Å². The number of aliphatic carboxylic acids is 1. The summed E-state index contributed by atoms with van der Waals surface area (Å²) in [4.78, 5) is 24.7. The number of ether oxygens (including phenoxy) is 1. The van der Waals surface area contributed by atoms with Gasteiger partial charge in [-0.05, 0) is 84.8 Å². The Balaban J connectivity index is 1.35. The van der Waals surface area contributed by atoms with E-state index >= 15 is 0 Å². The first-order chi connectivity index (χ1) is 22.1. The molecule has 0 atom stereocenters. The Bertz CT molecular complexity index is 1690. The number of anilines is 2. The molecule has 242 valence electrons. The van der Waals surface area contributed by atoms with Crippen molar-refractivity contribution in [2.45, 2.75) is 52.1 Å². The lowest BCUT2D eigenvalue weighted by Gasteiger charge is -2.28. The first kappa shape index (κ1) is 34.1. The second kappa shape index (κ2) is 16.5. The zero-order valence-electron chi connectivity index (χ0n) is 26.2. The van der Waals surface area contributed by atoms with E-state index in [9.17, 15) is 18.0 Å². The molecule has 1 amide bonds. The summed E-state index contributed by atoms with van der Waals surface area (Å²) in [5.74, 6) is 0.497. The molecule has 0 saturated heterocycles. The Morgan fingerprint density at radius 2 is 1.37 bits per heavy atom. The van der Waals surface area contributed by atoms with Crippen molar-refractivity contribution in [3.05, 3.63) is 119 Å². The number of carbonyl (C=O) groups excluding carboxylic acids is 1. The topological polar surface area (TPSA) is 125 Å². The van der Waals surface area contributed by atoms with Gasteiger partial charge in [0.15, 0.2) is 0 Å². The lowest BCUT2D eigenvalue weighted by molar-refractivity contribution is -0.137. The van der Waals surface area contributed by atoms with Gasteiger partial charge in [-0.1, -0.05) is 60.7 Å². The van der Waals surface area contributed by atoms with Crippen molar-refractivity contribution in [3.8, 4) is 11.5 Å². The number of carboxylic acids is 1. The Morgan fingerprint density at radius 3 is 1.98 bits per heavy atom. The highest BCUT2D eigenvalue weighted by Gasteiger charge is 2.15. The molecule has 10 heteroatoms. The number of aryl methyl sites for hydroxylation is 1. The number of amides is 1. The van der Waals surface area contributed by atoms with E-state index in [1.807, 2.05) is 85.8 Å². The quantitative estimate of drug-likeness (QED) is 0.110. The maximum absolute atomic E-state index is 11.9. The molecule has 0 aromatic heterocycles. The summed E-state index contributed by atoms with van der Waals surface area (Å²) in [6.07, 6.45) is 3.48. The smallest absolute Gasteiger partial charge is 0.303 e. The van der Waals surface area contributed by atoms with E-state index in [0.29, 0.717) is 56.1 Å². The van der Waals surface area contributed by atoms with Gasteiger partial charge in [0.25, 0.3) is 0 Å². The standard InChI is InChI=1S/C36H41N3O6S/c1-27-33(38-46(2,43)44)12-7-13-34(27)39(25-29-9-4-3-5-10-29)26-30-18-22-32(23-19-30)45-31-20-16-28(17-21-31)11-6-14-35(40)37-24-8-15-36(41)42/h3-5,7,9-10,12-13,16-23,38H,6,8,11,14-15,24-26H2,1-2H3,(H,37,40)(H,41,42). The number of nitrogens with zero attached hydrogens (tertiary/aromatic N) is 1. The van der Waals surface area contributed by atoms with Crippen molar-refractivity contribution in [1.29, 1.82) is 0 Å². The molecule has 0 radical (unpaired) electrons. The van der Waals surface area contributed by atoms with Crippen LogP contribution in [0.25, 0.3) is 0 Å². The van der Waals surface area contributed by atoms with E-state index in [-0.39, 0.29) is 12.3 Å². The van der Waals surface area contributed by atoms with Gasteiger partial charge >= 0.3 is 5.97 Å². The average molecular weight is 644 g/mol. The van der Waals surface area contributed by atoms with Crippen LogP contribution >= 0.6 is 0 Å². The van der Waals surface area contributed by atoms with Gasteiger partial charge in [-0.2, -0.15) is 0 Å². The molecule has 0 unspecified atom stereocenters. The van der Waals surface area contributed by atoms with E-state index in [2.05, 4.69) is 27.1 Å². The fourth-order valence-electron chi connectivity index (χ4n) is 5.06. The molecular formula is C36H41N3O6S. The first-order valence-corrected chi connectivity index (χ1v) is 17.2. The van der Waals surface area contributed by atoms with E-state index in [1.165, 1.54) is 0 Å². The van der Waals surface area contributed by atoms with Crippen molar-refractivity contribution in [2.75, 3.05) is 22.4 Å². The Hall–Kier alpha value is -4.83. The molecule has 4 rings (SSSR count). The monoisotopic (exact) mass is 643 g/mol. The molecule has 0 spiro atoms. The van der Waals surface area contributed by atoms with Gasteiger partial charge in [0.05, 0.1) is 11.9 Å². The fraction of sp³-hybridized carbons (Fsp3) is 0.278. The van der Waals surface area contributed by atoms with Crippen molar-refractivity contribution >= 4 is 33.3 Å². The number of hydrogen-bond acceptors (Lipinski definition) is 6.